The number of para-hydroxylation sites is 1. The molecular formula is C23H20N4O4S. The first-order valence-electron chi connectivity index (χ1n) is 10.3. The van der Waals surface area contributed by atoms with Crippen LogP contribution >= 0.6 is 11.3 Å². The Morgan fingerprint density at radius 1 is 1.09 bits per heavy atom. The van der Waals surface area contributed by atoms with Crippen molar-refractivity contribution in [1.29, 1.82) is 0 Å². The summed E-state index contributed by atoms with van der Waals surface area (Å²) in [6.45, 7) is 1.07. The van der Waals surface area contributed by atoms with Gasteiger partial charge in [-0.2, -0.15) is 0 Å². The number of H-pyrrole nitrogens is 1. The van der Waals surface area contributed by atoms with Crippen LogP contribution < -0.4 is 20.3 Å². The second-order valence-electron chi connectivity index (χ2n) is 7.33. The molecule has 0 atom stereocenters. The van der Waals surface area contributed by atoms with Crippen LogP contribution in [0.3, 0.4) is 0 Å². The molecule has 1 aliphatic heterocycles. The maximum absolute atomic E-state index is 12.3. The van der Waals surface area contributed by atoms with Gasteiger partial charge in [0.25, 0.3) is 5.56 Å². The lowest BCUT2D eigenvalue weighted by atomic mass is 10.1. The van der Waals surface area contributed by atoms with Crippen molar-refractivity contribution in [3.63, 3.8) is 0 Å². The summed E-state index contributed by atoms with van der Waals surface area (Å²) in [5.74, 6) is 1.88. The summed E-state index contributed by atoms with van der Waals surface area (Å²) in [7, 11) is 0. The van der Waals surface area contributed by atoms with E-state index in [0.29, 0.717) is 60.1 Å². The second kappa shape index (κ2) is 8.80. The molecule has 0 saturated carbocycles. The maximum atomic E-state index is 12.3. The van der Waals surface area contributed by atoms with Crippen LogP contribution in [0.1, 0.15) is 18.7 Å². The zero-order valence-corrected chi connectivity index (χ0v) is 17.9. The molecule has 8 nitrogen and oxygen atoms in total. The van der Waals surface area contributed by atoms with Crippen LogP contribution in [0, 0.1) is 0 Å². The van der Waals surface area contributed by atoms with E-state index >= 15 is 0 Å². The van der Waals surface area contributed by atoms with Gasteiger partial charge in [0.2, 0.25) is 5.91 Å². The van der Waals surface area contributed by atoms with E-state index in [1.165, 1.54) is 11.3 Å². The molecular weight excluding hydrogens is 428 g/mol. The number of hydrogen-bond acceptors (Lipinski definition) is 7. The van der Waals surface area contributed by atoms with Gasteiger partial charge in [0.1, 0.15) is 19.0 Å². The quantitative estimate of drug-likeness (QED) is 0.465. The number of anilines is 1. The van der Waals surface area contributed by atoms with Crippen molar-refractivity contribution in [2.75, 3.05) is 18.5 Å². The summed E-state index contributed by atoms with van der Waals surface area (Å²) in [6.07, 6.45) is 1.37. The molecule has 0 unspecified atom stereocenters. The first kappa shape index (κ1) is 20.2. The highest BCUT2D eigenvalue weighted by Crippen LogP contribution is 2.35. The number of ether oxygens (including phenoxy) is 2. The molecule has 2 aromatic carbocycles. The van der Waals surface area contributed by atoms with E-state index in [4.69, 9.17) is 9.47 Å². The van der Waals surface area contributed by atoms with Crippen molar-refractivity contribution < 1.29 is 14.3 Å². The number of aryl methyl sites for hydroxylation is 1. The fourth-order valence-corrected chi connectivity index (χ4v) is 4.25. The minimum Gasteiger partial charge on any atom is -0.486 e. The summed E-state index contributed by atoms with van der Waals surface area (Å²) >= 11 is 1.37. The van der Waals surface area contributed by atoms with Crippen molar-refractivity contribution in [3.8, 4) is 22.8 Å². The first-order chi connectivity index (χ1) is 15.7. The van der Waals surface area contributed by atoms with Crippen LogP contribution in [0.4, 0.5) is 5.13 Å². The Hall–Kier alpha value is -3.72. The Balaban J connectivity index is 1.18. The average molecular weight is 449 g/mol. The number of aromatic nitrogens is 3. The zero-order valence-electron chi connectivity index (χ0n) is 17.1. The fourth-order valence-electron chi connectivity index (χ4n) is 3.52. The van der Waals surface area contributed by atoms with E-state index < -0.39 is 0 Å². The first-order valence-corrected chi connectivity index (χ1v) is 11.2. The van der Waals surface area contributed by atoms with Gasteiger partial charge >= 0.3 is 0 Å². The predicted molar refractivity (Wildman–Crippen MR) is 122 cm³/mol. The maximum Gasteiger partial charge on any atom is 0.258 e. The van der Waals surface area contributed by atoms with Crippen LogP contribution in [-0.4, -0.2) is 34.1 Å². The molecule has 162 valence electrons. The van der Waals surface area contributed by atoms with E-state index in [1.807, 2.05) is 35.7 Å². The standard InChI is InChI=1S/C23H20N4O4S/c28-21(7-3-6-20-24-16-5-2-1-4-15(16)22(29)26-20)27-23-25-17(13-32-23)14-8-9-18-19(12-14)31-11-10-30-18/h1-2,4-5,8-9,12-13H,3,6-7,10-11H2,(H,24,26,29)(H,25,27,28). The molecule has 0 bridgehead atoms. The molecule has 2 aromatic heterocycles. The van der Waals surface area contributed by atoms with Gasteiger partial charge in [0, 0.05) is 23.8 Å². The van der Waals surface area contributed by atoms with Gasteiger partial charge < -0.3 is 19.8 Å². The number of carbonyl (C=O) groups excluding carboxylic acids is 1. The molecule has 0 fully saturated rings. The van der Waals surface area contributed by atoms with E-state index in [2.05, 4.69) is 20.3 Å². The fraction of sp³-hybridized carbons (Fsp3) is 0.217. The number of amides is 1. The van der Waals surface area contributed by atoms with Gasteiger partial charge in [0.15, 0.2) is 16.6 Å². The van der Waals surface area contributed by atoms with Crippen molar-refractivity contribution in [2.24, 2.45) is 0 Å². The van der Waals surface area contributed by atoms with Gasteiger partial charge in [-0.25, -0.2) is 9.97 Å². The third-order valence-corrected chi connectivity index (χ3v) is 5.83. The van der Waals surface area contributed by atoms with Crippen LogP contribution in [0.2, 0.25) is 0 Å². The number of benzene rings is 2. The molecule has 3 heterocycles. The summed E-state index contributed by atoms with van der Waals surface area (Å²) in [6, 6.07) is 12.9. The smallest absolute Gasteiger partial charge is 0.258 e. The third kappa shape index (κ3) is 4.33. The normalized spacial score (nSPS) is 12.6. The summed E-state index contributed by atoms with van der Waals surface area (Å²) in [5, 5.41) is 5.84. The largest absolute Gasteiger partial charge is 0.486 e. The molecule has 1 amide bonds. The average Bonchev–Trinajstić information content (AvgIpc) is 3.27. The summed E-state index contributed by atoms with van der Waals surface area (Å²) in [4.78, 5) is 36.3. The molecule has 1 aliphatic rings. The van der Waals surface area contributed by atoms with E-state index in [9.17, 15) is 9.59 Å². The molecule has 9 heteroatoms. The minimum absolute atomic E-state index is 0.129. The zero-order chi connectivity index (χ0) is 21.9. The molecule has 0 radical (unpaired) electrons. The summed E-state index contributed by atoms with van der Waals surface area (Å²) < 4.78 is 11.2. The topological polar surface area (TPSA) is 106 Å². The van der Waals surface area contributed by atoms with Gasteiger partial charge in [-0.3, -0.25) is 9.59 Å². The Bertz CT molecular complexity index is 1350. The van der Waals surface area contributed by atoms with Crippen LogP contribution in [-0.2, 0) is 11.2 Å². The molecule has 0 aliphatic carbocycles. The molecule has 2 N–H and O–H groups in total. The highest BCUT2D eigenvalue weighted by molar-refractivity contribution is 7.14. The second-order valence-corrected chi connectivity index (χ2v) is 8.19. The minimum atomic E-state index is -0.162. The molecule has 5 rings (SSSR count). The number of carbonyl (C=O) groups is 1. The third-order valence-electron chi connectivity index (χ3n) is 5.07. The van der Waals surface area contributed by atoms with E-state index in [-0.39, 0.29) is 11.5 Å². The van der Waals surface area contributed by atoms with Gasteiger partial charge in [0.05, 0.1) is 16.6 Å². The van der Waals surface area contributed by atoms with Gasteiger partial charge in [-0.1, -0.05) is 12.1 Å². The van der Waals surface area contributed by atoms with E-state index in [1.54, 1.807) is 12.1 Å². The predicted octanol–water partition coefficient (Wildman–Crippen LogP) is 3.78. The van der Waals surface area contributed by atoms with Crippen molar-refractivity contribution in [3.05, 3.63) is 64.0 Å². The Morgan fingerprint density at radius 3 is 2.84 bits per heavy atom. The SMILES string of the molecule is O=C(CCCc1nc2ccccc2c(=O)[nH]1)Nc1nc(-c2ccc3c(c2)OCCO3)cs1. The molecule has 32 heavy (non-hydrogen) atoms. The number of aromatic amines is 1. The number of nitrogens with zero attached hydrogens (tertiary/aromatic N) is 2. The number of fused-ring (bicyclic) bond motifs is 2. The monoisotopic (exact) mass is 448 g/mol. The molecule has 4 aromatic rings. The van der Waals surface area contributed by atoms with Crippen LogP contribution in [0.5, 0.6) is 11.5 Å². The lowest BCUT2D eigenvalue weighted by Crippen LogP contribution is -2.15. The lowest BCUT2D eigenvalue weighted by molar-refractivity contribution is -0.116. The van der Waals surface area contributed by atoms with Crippen LogP contribution in [0.15, 0.2) is 52.6 Å². The molecule has 0 saturated heterocycles. The van der Waals surface area contributed by atoms with Crippen molar-refractivity contribution in [1.82, 2.24) is 15.0 Å². The highest BCUT2D eigenvalue weighted by Gasteiger charge is 2.14. The highest BCUT2D eigenvalue weighted by atomic mass is 32.1. The van der Waals surface area contributed by atoms with Gasteiger partial charge in [-0.15, -0.1) is 11.3 Å². The number of nitrogens with one attached hydrogen (secondary N) is 2. The number of hydrogen-bond donors (Lipinski definition) is 2. The van der Waals surface area contributed by atoms with Crippen molar-refractivity contribution >= 4 is 33.3 Å². The number of rotatable bonds is 6. The molecule has 0 spiro atoms. The Morgan fingerprint density at radius 2 is 1.94 bits per heavy atom. The van der Waals surface area contributed by atoms with E-state index in [0.717, 1.165) is 17.0 Å². The summed E-state index contributed by atoms with van der Waals surface area (Å²) in [5.41, 5.74) is 2.16. The number of thiazole rings is 1. The lowest BCUT2D eigenvalue weighted by Gasteiger charge is -2.18. The van der Waals surface area contributed by atoms with Crippen LogP contribution in [0.25, 0.3) is 22.2 Å². The Labute approximate surface area is 187 Å². The van der Waals surface area contributed by atoms with Gasteiger partial charge in [-0.05, 0) is 36.8 Å². The van der Waals surface area contributed by atoms with Crippen molar-refractivity contribution in [2.45, 2.75) is 19.3 Å². The Kier molecular flexibility index (Phi) is 5.55.